The fourth-order valence-electron chi connectivity index (χ4n) is 2.41. The Balaban J connectivity index is 2.59. The van der Waals surface area contributed by atoms with Crippen LogP contribution in [0.1, 0.15) is 28.3 Å². The van der Waals surface area contributed by atoms with Crippen LogP contribution in [0.5, 0.6) is 0 Å². The first-order chi connectivity index (χ1) is 9.45. The molecule has 1 nitrogen and oxygen atoms in total. The SMILES string of the molecule is CNC(c1cc(C)c(Br)c(C)c1)c1c(F)cccc1F. The second-order valence-electron chi connectivity index (χ2n) is 4.83. The largest absolute Gasteiger partial charge is 0.309 e. The van der Waals surface area contributed by atoms with Gasteiger partial charge in [-0.15, -0.1) is 0 Å². The quantitative estimate of drug-likeness (QED) is 0.857. The summed E-state index contributed by atoms with van der Waals surface area (Å²) in [5.74, 6) is -1.08. The maximum absolute atomic E-state index is 14.0. The predicted octanol–water partition coefficient (Wildman–Crippen LogP) is 4.65. The number of halogens is 3. The molecule has 0 amide bonds. The maximum Gasteiger partial charge on any atom is 0.131 e. The first-order valence-electron chi connectivity index (χ1n) is 6.33. The van der Waals surface area contributed by atoms with Gasteiger partial charge in [0, 0.05) is 10.0 Å². The van der Waals surface area contributed by atoms with Crippen LogP contribution >= 0.6 is 15.9 Å². The molecule has 0 aliphatic heterocycles. The Bertz CT molecular complexity index is 597. The van der Waals surface area contributed by atoms with Crippen LogP contribution < -0.4 is 5.32 Å². The van der Waals surface area contributed by atoms with Crippen molar-refractivity contribution in [1.82, 2.24) is 5.32 Å². The Morgan fingerprint density at radius 2 is 1.55 bits per heavy atom. The molecule has 0 saturated carbocycles. The van der Waals surface area contributed by atoms with E-state index in [0.29, 0.717) is 0 Å². The minimum atomic E-state index is -0.539. The monoisotopic (exact) mass is 339 g/mol. The summed E-state index contributed by atoms with van der Waals surface area (Å²) in [4.78, 5) is 0. The summed E-state index contributed by atoms with van der Waals surface area (Å²) >= 11 is 3.50. The standard InChI is InChI=1S/C16H16BrF2N/c1-9-7-11(8-10(2)15(9)17)16(20-3)14-12(18)5-4-6-13(14)19/h4-8,16,20H,1-3H3. The Morgan fingerprint density at radius 1 is 1.05 bits per heavy atom. The van der Waals surface area contributed by atoms with Gasteiger partial charge in [-0.2, -0.15) is 0 Å². The Morgan fingerprint density at radius 3 is 2.00 bits per heavy atom. The van der Waals surface area contributed by atoms with Gasteiger partial charge in [-0.1, -0.05) is 34.1 Å². The molecule has 4 heteroatoms. The summed E-state index contributed by atoms with van der Waals surface area (Å²) in [6.07, 6.45) is 0. The van der Waals surface area contributed by atoms with E-state index in [1.165, 1.54) is 18.2 Å². The van der Waals surface area contributed by atoms with Crippen LogP contribution in [-0.4, -0.2) is 7.05 Å². The lowest BCUT2D eigenvalue weighted by Crippen LogP contribution is -2.20. The first kappa shape index (κ1) is 15.1. The lowest BCUT2D eigenvalue weighted by molar-refractivity contribution is 0.522. The van der Waals surface area contributed by atoms with Gasteiger partial charge in [0.05, 0.1) is 6.04 Å². The third-order valence-corrected chi connectivity index (χ3v) is 4.62. The number of hydrogen-bond donors (Lipinski definition) is 1. The molecule has 0 aliphatic rings. The van der Waals surface area contributed by atoms with Crippen LogP contribution in [0.4, 0.5) is 8.78 Å². The number of nitrogens with one attached hydrogen (secondary N) is 1. The van der Waals surface area contributed by atoms with Crippen LogP contribution in [0.2, 0.25) is 0 Å². The third-order valence-electron chi connectivity index (χ3n) is 3.37. The molecule has 1 unspecified atom stereocenters. The molecule has 20 heavy (non-hydrogen) atoms. The number of hydrogen-bond acceptors (Lipinski definition) is 1. The summed E-state index contributed by atoms with van der Waals surface area (Å²) in [6, 6.07) is 7.29. The van der Waals surface area contributed by atoms with Crippen molar-refractivity contribution in [3.8, 4) is 0 Å². The minimum Gasteiger partial charge on any atom is -0.309 e. The van der Waals surface area contributed by atoms with Crippen molar-refractivity contribution in [2.24, 2.45) is 0 Å². The molecule has 2 aromatic carbocycles. The van der Waals surface area contributed by atoms with Gasteiger partial charge in [-0.3, -0.25) is 0 Å². The van der Waals surface area contributed by atoms with E-state index in [1.54, 1.807) is 7.05 Å². The van der Waals surface area contributed by atoms with Crippen molar-refractivity contribution in [1.29, 1.82) is 0 Å². The summed E-state index contributed by atoms with van der Waals surface area (Å²) in [5, 5.41) is 2.99. The number of aryl methyl sites for hydroxylation is 2. The highest BCUT2D eigenvalue weighted by Gasteiger charge is 2.21. The lowest BCUT2D eigenvalue weighted by Gasteiger charge is -2.20. The van der Waals surface area contributed by atoms with E-state index >= 15 is 0 Å². The van der Waals surface area contributed by atoms with Crippen LogP contribution in [0.3, 0.4) is 0 Å². The molecule has 0 bridgehead atoms. The van der Waals surface area contributed by atoms with E-state index in [4.69, 9.17) is 0 Å². The van der Waals surface area contributed by atoms with E-state index < -0.39 is 17.7 Å². The molecule has 106 valence electrons. The summed E-state index contributed by atoms with van der Waals surface area (Å²) in [7, 11) is 1.70. The van der Waals surface area contributed by atoms with Gasteiger partial charge in [0.15, 0.2) is 0 Å². The Labute approximate surface area is 126 Å². The van der Waals surface area contributed by atoms with Gasteiger partial charge in [0.1, 0.15) is 11.6 Å². The van der Waals surface area contributed by atoms with Gasteiger partial charge < -0.3 is 5.32 Å². The number of benzene rings is 2. The molecule has 0 saturated heterocycles. The van der Waals surface area contributed by atoms with E-state index in [0.717, 1.165) is 21.2 Å². The second-order valence-corrected chi connectivity index (χ2v) is 5.62. The molecule has 0 fully saturated rings. The third kappa shape index (κ3) is 2.76. The topological polar surface area (TPSA) is 12.0 Å². The summed E-state index contributed by atoms with van der Waals surface area (Å²) in [6.45, 7) is 3.93. The van der Waals surface area contributed by atoms with Crippen LogP contribution in [-0.2, 0) is 0 Å². The minimum absolute atomic E-state index is 0.0520. The fourth-order valence-corrected chi connectivity index (χ4v) is 2.64. The van der Waals surface area contributed by atoms with Gasteiger partial charge in [-0.05, 0) is 49.7 Å². The molecular formula is C16H16BrF2N. The molecular weight excluding hydrogens is 324 g/mol. The number of rotatable bonds is 3. The van der Waals surface area contributed by atoms with Crippen molar-refractivity contribution in [2.45, 2.75) is 19.9 Å². The first-order valence-corrected chi connectivity index (χ1v) is 7.12. The molecule has 2 aromatic rings. The van der Waals surface area contributed by atoms with Crippen LogP contribution in [0.25, 0.3) is 0 Å². The highest BCUT2D eigenvalue weighted by atomic mass is 79.9. The second kappa shape index (κ2) is 6.02. The smallest absolute Gasteiger partial charge is 0.131 e. The molecule has 0 spiro atoms. The Hall–Kier alpha value is -1.26. The zero-order chi connectivity index (χ0) is 14.9. The fraction of sp³-hybridized carbons (Fsp3) is 0.250. The average molecular weight is 340 g/mol. The molecule has 0 aromatic heterocycles. The van der Waals surface area contributed by atoms with Crippen molar-refractivity contribution >= 4 is 15.9 Å². The molecule has 1 atom stereocenters. The molecule has 0 radical (unpaired) electrons. The average Bonchev–Trinajstić information content (AvgIpc) is 2.40. The van der Waals surface area contributed by atoms with E-state index in [1.807, 2.05) is 26.0 Å². The van der Waals surface area contributed by atoms with E-state index in [9.17, 15) is 8.78 Å². The Kier molecular flexibility index (Phi) is 4.55. The molecule has 0 heterocycles. The van der Waals surface area contributed by atoms with E-state index in [2.05, 4.69) is 21.2 Å². The van der Waals surface area contributed by atoms with Gasteiger partial charge >= 0.3 is 0 Å². The van der Waals surface area contributed by atoms with Crippen LogP contribution in [0.15, 0.2) is 34.8 Å². The lowest BCUT2D eigenvalue weighted by atomic mass is 9.95. The van der Waals surface area contributed by atoms with Gasteiger partial charge in [0.2, 0.25) is 0 Å². The summed E-state index contributed by atoms with van der Waals surface area (Å²) < 4.78 is 28.9. The highest BCUT2D eigenvalue weighted by molar-refractivity contribution is 9.10. The van der Waals surface area contributed by atoms with Crippen molar-refractivity contribution in [2.75, 3.05) is 7.05 Å². The van der Waals surface area contributed by atoms with Gasteiger partial charge in [-0.25, -0.2) is 8.78 Å². The highest BCUT2D eigenvalue weighted by Crippen LogP contribution is 2.31. The van der Waals surface area contributed by atoms with Gasteiger partial charge in [0.25, 0.3) is 0 Å². The normalized spacial score (nSPS) is 12.5. The summed E-state index contributed by atoms with van der Waals surface area (Å²) in [5.41, 5.74) is 2.97. The molecule has 0 aliphatic carbocycles. The maximum atomic E-state index is 14.0. The van der Waals surface area contributed by atoms with E-state index in [-0.39, 0.29) is 5.56 Å². The molecule has 2 rings (SSSR count). The van der Waals surface area contributed by atoms with Crippen molar-refractivity contribution < 1.29 is 8.78 Å². The van der Waals surface area contributed by atoms with Crippen molar-refractivity contribution in [3.63, 3.8) is 0 Å². The molecule has 1 N–H and O–H groups in total. The zero-order valence-corrected chi connectivity index (χ0v) is 13.2. The zero-order valence-electron chi connectivity index (χ0n) is 11.6. The van der Waals surface area contributed by atoms with Crippen LogP contribution in [0, 0.1) is 25.5 Å². The van der Waals surface area contributed by atoms with Crippen molar-refractivity contribution in [3.05, 3.63) is 68.7 Å². The predicted molar refractivity (Wildman–Crippen MR) is 80.9 cm³/mol.